The third-order valence-electron chi connectivity index (χ3n) is 4.42. The molecule has 1 saturated heterocycles. The zero-order valence-electron chi connectivity index (χ0n) is 14.9. The summed E-state index contributed by atoms with van der Waals surface area (Å²) in [6.45, 7) is 2.88. The van der Waals surface area contributed by atoms with Gasteiger partial charge in [0.1, 0.15) is 6.04 Å². The number of benzene rings is 2. The van der Waals surface area contributed by atoms with Crippen LogP contribution in [0.25, 0.3) is 0 Å². The number of nitrogens with one attached hydrogen (secondary N) is 1. The Morgan fingerprint density at radius 2 is 1.81 bits per heavy atom. The van der Waals surface area contributed by atoms with Gasteiger partial charge in [0.05, 0.1) is 6.42 Å². The zero-order valence-corrected chi connectivity index (χ0v) is 17.3. The lowest BCUT2D eigenvalue weighted by Gasteiger charge is -2.23. The van der Waals surface area contributed by atoms with E-state index >= 15 is 0 Å². The molecule has 0 aromatic heterocycles. The molecule has 1 atom stereocenters. The van der Waals surface area contributed by atoms with Gasteiger partial charge in [-0.1, -0.05) is 46.3 Å². The maximum absolute atomic E-state index is 12.8. The topological polar surface area (TPSA) is 52.7 Å². The minimum Gasteiger partial charge on any atom is -0.332 e. The predicted octanol–water partition coefficient (Wildman–Crippen LogP) is 3.80. The van der Waals surface area contributed by atoms with E-state index in [0.29, 0.717) is 23.9 Å². The standard InChI is InChI=1S/C20H20BrN3O2S/c1-2-23-19(26)17(12-18(25)22-16-10-8-15(21)9-11-16)24(20(23)27)13-14-6-4-3-5-7-14/h3-11,17H,2,12-13H2,1H3,(H,22,25)/t17-/m1/s1. The number of carbonyl (C=O) groups is 2. The quantitative estimate of drug-likeness (QED) is 0.687. The summed E-state index contributed by atoms with van der Waals surface area (Å²) < 4.78 is 0.935. The summed E-state index contributed by atoms with van der Waals surface area (Å²) in [5.74, 6) is -0.334. The number of halogens is 1. The van der Waals surface area contributed by atoms with Crippen LogP contribution in [0.15, 0.2) is 59.1 Å². The minimum atomic E-state index is -0.590. The van der Waals surface area contributed by atoms with Gasteiger partial charge >= 0.3 is 0 Å². The molecule has 0 radical (unpaired) electrons. The van der Waals surface area contributed by atoms with Gasteiger partial charge in [0.15, 0.2) is 5.11 Å². The predicted molar refractivity (Wildman–Crippen MR) is 113 cm³/mol. The molecular formula is C20H20BrN3O2S. The fraction of sp³-hybridized carbons (Fsp3) is 0.250. The van der Waals surface area contributed by atoms with Gasteiger partial charge in [-0.15, -0.1) is 0 Å². The molecule has 140 valence electrons. The van der Waals surface area contributed by atoms with E-state index < -0.39 is 6.04 Å². The Balaban J connectivity index is 1.75. The molecule has 2 aromatic rings. The van der Waals surface area contributed by atoms with E-state index in [1.165, 1.54) is 0 Å². The van der Waals surface area contributed by atoms with E-state index in [1.54, 1.807) is 4.90 Å². The Labute approximate surface area is 172 Å². The van der Waals surface area contributed by atoms with Gasteiger partial charge in [-0.3, -0.25) is 14.5 Å². The van der Waals surface area contributed by atoms with Crippen LogP contribution in [0.1, 0.15) is 18.9 Å². The summed E-state index contributed by atoms with van der Waals surface area (Å²) >= 11 is 8.87. The van der Waals surface area contributed by atoms with Crippen LogP contribution in [0.4, 0.5) is 5.69 Å². The van der Waals surface area contributed by atoms with Gasteiger partial charge in [0.2, 0.25) is 5.91 Å². The Morgan fingerprint density at radius 3 is 2.44 bits per heavy atom. The molecule has 1 aliphatic rings. The fourth-order valence-corrected chi connectivity index (χ4v) is 3.74. The molecule has 27 heavy (non-hydrogen) atoms. The summed E-state index contributed by atoms with van der Waals surface area (Å²) in [6.07, 6.45) is 0.0539. The van der Waals surface area contributed by atoms with Crippen molar-refractivity contribution >= 4 is 50.8 Å². The fourth-order valence-electron chi connectivity index (χ4n) is 3.06. The first kappa shape index (κ1) is 19.5. The molecule has 5 nitrogen and oxygen atoms in total. The van der Waals surface area contributed by atoms with Gasteiger partial charge in [-0.2, -0.15) is 0 Å². The summed E-state index contributed by atoms with van der Waals surface area (Å²) in [5.41, 5.74) is 1.74. The van der Waals surface area contributed by atoms with Gasteiger partial charge in [0, 0.05) is 23.2 Å². The molecule has 7 heteroatoms. The first-order valence-electron chi connectivity index (χ1n) is 8.71. The molecular weight excluding hydrogens is 426 g/mol. The summed E-state index contributed by atoms with van der Waals surface area (Å²) in [4.78, 5) is 28.7. The zero-order chi connectivity index (χ0) is 19.4. The second-order valence-corrected chi connectivity index (χ2v) is 7.53. The number of anilines is 1. The van der Waals surface area contributed by atoms with E-state index in [4.69, 9.17) is 12.2 Å². The monoisotopic (exact) mass is 445 g/mol. The van der Waals surface area contributed by atoms with Crippen molar-refractivity contribution in [2.24, 2.45) is 0 Å². The third-order valence-corrected chi connectivity index (χ3v) is 5.41. The normalized spacial score (nSPS) is 16.7. The molecule has 0 bridgehead atoms. The van der Waals surface area contributed by atoms with Crippen LogP contribution in [0.2, 0.25) is 0 Å². The van der Waals surface area contributed by atoms with Crippen LogP contribution in [0.5, 0.6) is 0 Å². The number of thiocarbonyl (C=S) groups is 1. The number of hydrogen-bond donors (Lipinski definition) is 1. The lowest BCUT2D eigenvalue weighted by molar-refractivity contribution is -0.130. The molecule has 3 rings (SSSR count). The molecule has 2 amide bonds. The second kappa shape index (κ2) is 8.63. The molecule has 0 saturated carbocycles. The molecule has 1 heterocycles. The number of nitrogens with zero attached hydrogens (tertiary/aromatic N) is 2. The van der Waals surface area contributed by atoms with E-state index in [1.807, 2.05) is 66.4 Å². The van der Waals surface area contributed by atoms with E-state index in [0.717, 1.165) is 10.0 Å². The SMILES string of the molecule is CCN1C(=O)[C@@H](CC(=O)Nc2ccc(Br)cc2)N(Cc2ccccc2)C1=S. The smallest absolute Gasteiger partial charge is 0.252 e. The van der Waals surface area contributed by atoms with Crippen LogP contribution >= 0.6 is 28.1 Å². The van der Waals surface area contributed by atoms with Crippen molar-refractivity contribution < 1.29 is 9.59 Å². The molecule has 0 aliphatic carbocycles. The van der Waals surface area contributed by atoms with Gasteiger partial charge in [0.25, 0.3) is 5.91 Å². The van der Waals surface area contributed by atoms with Gasteiger partial charge < -0.3 is 10.2 Å². The Kier molecular flexibility index (Phi) is 6.23. The van der Waals surface area contributed by atoms with Crippen molar-refractivity contribution in [1.29, 1.82) is 0 Å². The first-order chi connectivity index (χ1) is 13.0. The van der Waals surface area contributed by atoms with Crippen LogP contribution in [-0.2, 0) is 16.1 Å². The maximum Gasteiger partial charge on any atom is 0.252 e. The van der Waals surface area contributed by atoms with Crippen LogP contribution in [0, 0.1) is 0 Å². The molecule has 0 unspecified atom stereocenters. The highest BCUT2D eigenvalue weighted by atomic mass is 79.9. The average Bonchev–Trinajstić information content (AvgIpc) is 2.88. The van der Waals surface area contributed by atoms with Crippen LogP contribution in [0.3, 0.4) is 0 Å². The van der Waals surface area contributed by atoms with Crippen LogP contribution in [-0.4, -0.2) is 39.3 Å². The lowest BCUT2D eigenvalue weighted by Crippen LogP contribution is -2.37. The second-order valence-electron chi connectivity index (χ2n) is 6.25. The molecule has 2 aromatic carbocycles. The number of amides is 2. The van der Waals surface area contributed by atoms with Crippen molar-refractivity contribution in [2.45, 2.75) is 25.9 Å². The first-order valence-corrected chi connectivity index (χ1v) is 9.91. The van der Waals surface area contributed by atoms with Crippen molar-refractivity contribution in [3.63, 3.8) is 0 Å². The van der Waals surface area contributed by atoms with Gasteiger partial charge in [-0.05, 0) is 49.0 Å². The highest BCUT2D eigenvalue weighted by molar-refractivity contribution is 9.10. The summed E-state index contributed by atoms with van der Waals surface area (Å²) in [7, 11) is 0. The number of carbonyl (C=O) groups excluding carboxylic acids is 2. The molecule has 0 spiro atoms. The van der Waals surface area contributed by atoms with Crippen molar-refractivity contribution in [2.75, 3.05) is 11.9 Å². The molecule has 1 fully saturated rings. The Morgan fingerprint density at radius 1 is 1.15 bits per heavy atom. The maximum atomic E-state index is 12.8. The van der Waals surface area contributed by atoms with Crippen molar-refractivity contribution in [1.82, 2.24) is 9.80 Å². The van der Waals surface area contributed by atoms with Crippen molar-refractivity contribution in [3.8, 4) is 0 Å². The highest BCUT2D eigenvalue weighted by Crippen LogP contribution is 2.24. The Hall–Kier alpha value is -2.25. The number of likely N-dealkylation sites (N-methyl/N-ethyl adjacent to an activating group) is 1. The average molecular weight is 446 g/mol. The van der Waals surface area contributed by atoms with E-state index in [2.05, 4.69) is 21.2 Å². The number of hydrogen-bond acceptors (Lipinski definition) is 3. The highest BCUT2D eigenvalue weighted by Gasteiger charge is 2.42. The summed E-state index contributed by atoms with van der Waals surface area (Å²) in [6, 6.07) is 16.5. The van der Waals surface area contributed by atoms with Crippen LogP contribution < -0.4 is 5.32 Å². The van der Waals surface area contributed by atoms with Crippen molar-refractivity contribution in [3.05, 3.63) is 64.6 Å². The van der Waals surface area contributed by atoms with E-state index in [9.17, 15) is 9.59 Å². The van der Waals surface area contributed by atoms with E-state index in [-0.39, 0.29) is 18.2 Å². The molecule has 1 aliphatic heterocycles. The Bertz CT molecular complexity index is 842. The largest absolute Gasteiger partial charge is 0.332 e. The number of rotatable bonds is 6. The molecule has 1 N–H and O–H groups in total. The van der Waals surface area contributed by atoms with Gasteiger partial charge in [-0.25, -0.2) is 0 Å². The summed E-state index contributed by atoms with van der Waals surface area (Å²) in [5, 5.41) is 3.33. The third kappa shape index (κ3) is 4.54. The lowest BCUT2D eigenvalue weighted by atomic mass is 10.1. The minimum absolute atomic E-state index is 0.0539.